The van der Waals surface area contributed by atoms with Crippen LogP contribution in [0.15, 0.2) is 59.7 Å². The van der Waals surface area contributed by atoms with E-state index in [9.17, 15) is 9.18 Å². The Bertz CT molecular complexity index is 1000. The van der Waals surface area contributed by atoms with Crippen molar-refractivity contribution in [2.45, 2.75) is 25.3 Å². The first kappa shape index (κ1) is 17.4. The highest BCUT2D eigenvalue weighted by molar-refractivity contribution is 5.60. The number of halogens is 1. The lowest BCUT2D eigenvalue weighted by Crippen LogP contribution is -2.36. The number of anilines is 1. The Morgan fingerprint density at radius 1 is 1.22 bits per heavy atom. The van der Waals surface area contributed by atoms with Gasteiger partial charge >= 0.3 is 0 Å². The molecule has 0 N–H and O–H groups in total. The van der Waals surface area contributed by atoms with Crippen molar-refractivity contribution in [1.82, 2.24) is 14.5 Å². The molecule has 3 aromatic rings. The molecule has 5 nitrogen and oxygen atoms in total. The van der Waals surface area contributed by atoms with Gasteiger partial charge in [0.1, 0.15) is 0 Å². The van der Waals surface area contributed by atoms with Crippen molar-refractivity contribution >= 4 is 5.95 Å². The summed E-state index contributed by atoms with van der Waals surface area (Å²) < 4.78 is 15.7. The highest BCUT2D eigenvalue weighted by Crippen LogP contribution is 2.27. The van der Waals surface area contributed by atoms with Crippen LogP contribution in [0.4, 0.5) is 10.3 Å². The molecule has 1 aromatic carbocycles. The van der Waals surface area contributed by atoms with Gasteiger partial charge in [-0.25, -0.2) is 9.37 Å². The molecule has 1 aliphatic heterocycles. The Balaban J connectivity index is 1.72. The number of benzene rings is 1. The molecule has 1 saturated heterocycles. The molecule has 138 valence electrons. The average molecular weight is 364 g/mol. The van der Waals surface area contributed by atoms with E-state index < -0.39 is 5.82 Å². The molecule has 1 fully saturated rings. The number of rotatable bonds is 4. The fraction of sp³-hybridized carbons (Fsp3) is 0.286. The minimum Gasteiger partial charge on any atom is -0.339 e. The number of hydrogen-bond acceptors (Lipinski definition) is 4. The Morgan fingerprint density at radius 2 is 2.04 bits per heavy atom. The maximum atomic E-state index is 14.2. The van der Waals surface area contributed by atoms with Crippen LogP contribution in [-0.4, -0.2) is 27.1 Å². The molecule has 0 radical (unpaired) electrons. The summed E-state index contributed by atoms with van der Waals surface area (Å²) in [6, 6.07) is 13.5. The molecule has 2 aromatic heterocycles. The minimum atomic E-state index is -0.480. The van der Waals surface area contributed by atoms with Gasteiger partial charge in [-0.3, -0.25) is 14.3 Å². The second kappa shape index (κ2) is 7.31. The summed E-state index contributed by atoms with van der Waals surface area (Å²) in [5.41, 5.74) is 1.70. The van der Waals surface area contributed by atoms with Crippen molar-refractivity contribution in [3.63, 3.8) is 0 Å². The standard InChI is InChI=1S/C21H21FN4O/c1-25-20(27)13-19(17-9-10-23-14-18(17)22)24-21(25)26-11-5-8-16(26)12-15-6-3-2-4-7-15/h2-4,6-7,9-10,13-14,16H,5,8,11-12H2,1H3/t16-/m1/s1. The van der Waals surface area contributed by atoms with Crippen LogP contribution in [0.3, 0.4) is 0 Å². The zero-order valence-corrected chi connectivity index (χ0v) is 15.2. The molecular weight excluding hydrogens is 343 g/mol. The van der Waals surface area contributed by atoms with Crippen LogP contribution in [0.2, 0.25) is 0 Å². The van der Waals surface area contributed by atoms with E-state index in [1.807, 2.05) is 18.2 Å². The molecule has 0 saturated carbocycles. The van der Waals surface area contributed by atoms with E-state index in [0.717, 1.165) is 32.0 Å². The van der Waals surface area contributed by atoms with Gasteiger partial charge in [0, 0.05) is 37.5 Å². The largest absolute Gasteiger partial charge is 0.339 e. The van der Waals surface area contributed by atoms with E-state index >= 15 is 0 Å². The highest BCUT2D eigenvalue weighted by Gasteiger charge is 2.28. The zero-order valence-electron chi connectivity index (χ0n) is 15.2. The second-order valence-electron chi connectivity index (χ2n) is 6.87. The van der Waals surface area contributed by atoms with Gasteiger partial charge in [-0.2, -0.15) is 0 Å². The van der Waals surface area contributed by atoms with Crippen molar-refractivity contribution in [3.05, 3.63) is 76.6 Å². The van der Waals surface area contributed by atoms with Crippen LogP contribution < -0.4 is 10.5 Å². The van der Waals surface area contributed by atoms with Gasteiger partial charge in [-0.05, 0) is 30.9 Å². The summed E-state index contributed by atoms with van der Waals surface area (Å²) in [5, 5.41) is 0. The minimum absolute atomic E-state index is 0.198. The van der Waals surface area contributed by atoms with Crippen molar-refractivity contribution in [2.75, 3.05) is 11.4 Å². The quantitative estimate of drug-likeness (QED) is 0.713. The van der Waals surface area contributed by atoms with Crippen molar-refractivity contribution < 1.29 is 4.39 Å². The molecule has 4 rings (SSSR count). The summed E-state index contributed by atoms with van der Waals surface area (Å²) in [5.74, 6) is 0.110. The third-order valence-corrected chi connectivity index (χ3v) is 5.11. The molecule has 1 atom stereocenters. The average Bonchev–Trinajstić information content (AvgIpc) is 3.13. The van der Waals surface area contributed by atoms with Crippen LogP contribution in [0.5, 0.6) is 0 Å². The van der Waals surface area contributed by atoms with E-state index in [2.05, 4.69) is 27.0 Å². The lowest BCUT2D eigenvalue weighted by Gasteiger charge is -2.27. The van der Waals surface area contributed by atoms with E-state index in [4.69, 9.17) is 0 Å². The fourth-order valence-electron chi connectivity index (χ4n) is 3.70. The van der Waals surface area contributed by atoms with Gasteiger partial charge in [0.2, 0.25) is 5.95 Å². The predicted octanol–water partition coefficient (Wildman–Crippen LogP) is 3.19. The van der Waals surface area contributed by atoms with E-state index in [1.54, 1.807) is 17.7 Å². The van der Waals surface area contributed by atoms with E-state index in [1.165, 1.54) is 17.8 Å². The molecule has 27 heavy (non-hydrogen) atoms. The first-order valence-corrected chi connectivity index (χ1v) is 9.12. The van der Waals surface area contributed by atoms with Gasteiger partial charge in [0.25, 0.3) is 5.56 Å². The van der Waals surface area contributed by atoms with E-state index in [0.29, 0.717) is 17.2 Å². The lowest BCUT2D eigenvalue weighted by atomic mass is 10.0. The van der Waals surface area contributed by atoms with Gasteiger partial charge in [-0.15, -0.1) is 0 Å². The Kier molecular flexibility index (Phi) is 4.71. The fourth-order valence-corrected chi connectivity index (χ4v) is 3.70. The number of nitrogens with zero attached hydrogens (tertiary/aromatic N) is 4. The smallest absolute Gasteiger partial charge is 0.255 e. The molecule has 0 amide bonds. The maximum absolute atomic E-state index is 14.2. The van der Waals surface area contributed by atoms with Crippen molar-refractivity contribution in [2.24, 2.45) is 7.05 Å². The normalized spacial score (nSPS) is 16.7. The second-order valence-corrected chi connectivity index (χ2v) is 6.87. The summed E-state index contributed by atoms with van der Waals surface area (Å²) in [4.78, 5) is 23.1. The SMILES string of the molecule is Cn1c(N2CCC[C@@H]2Cc2ccccc2)nc(-c2ccncc2F)cc1=O. The predicted molar refractivity (Wildman–Crippen MR) is 103 cm³/mol. The first-order valence-electron chi connectivity index (χ1n) is 9.12. The monoisotopic (exact) mass is 364 g/mol. The van der Waals surface area contributed by atoms with Gasteiger partial charge in [-0.1, -0.05) is 30.3 Å². The molecule has 0 unspecified atom stereocenters. The lowest BCUT2D eigenvalue weighted by molar-refractivity contribution is 0.621. The Morgan fingerprint density at radius 3 is 2.81 bits per heavy atom. The van der Waals surface area contributed by atoms with Crippen LogP contribution in [-0.2, 0) is 13.5 Å². The Hall–Kier alpha value is -3.02. The summed E-state index contributed by atoms with van der Waals surface area (Å²) >= 11 is 0. The maximum Gasteiger partial charge on any atom is 0.255 e. The van der Waals surface area contributed by atoms with Crippen LogP contribution >= 0.6 is 0 Å². The molecule has 0 bridgehead atoms. The molecular formula is C21H21FN4O. The highest BCUT2D eigenvalue weighted by atomic mass is 19.1. The molecule has 6 heteroatoms. The zero-order chi connectivity index (χ0) is 18.8. The molecule has 0 spiro atoms. The van der Waals surface area contributed by atoms with Crippen LogP contribution in [0.25, 0.3) is 11.3 Å². The topological polar surface area (TPSA) is 51.0 Å². The van der Waals surface area contributed by atoms with Crippen molar-refractivity contribution in [3.8, 4) is 11.3 Å². The molecule has 1 aliphatic rings. The molecule has 3 heterocycles. The van der Waals surface area contributed by atoms with Gasteiger partial charge in [0.15, 0.2) is 5.82 Å². The van der Waals surface area contributed by atoms with Gasteiger partial charge < -0.3 is 4.90 Å². The third kappa shape index (κ3) is 3.47. The summed E-state index contributed by atoms with van der Waals surface area (Å²) in [7, 11) is 1.72. The van der Waals surface area contributed by atoms with Crippen molar-refractivity contribution in [1.29, 1.82) is 0 Å². The number of pyridine rings is 1. The van der Waals surface area contributed by atoms with Crippen LogP contribution in [0.1, 0.15) is 18.4 Å². The number of hydrogen-bond donors (Lipinski definition) is 0. The Labute approximate surface area is 157 Å². The summed E-state index contributed by atoms with van der Waals surface area (Å²) in [6.07, 6.45) is 5.62. The van der Waals surface area contributed by atoms with Crippen LogP contribution in [0, 0.1) is 5.82 Å². The molecule has 0 aliphatic carbocycles. The first-order chi connectivity index (χ1) is 13.1. The van der Waals surface area contributed by atoms with E-state index in [-0.39, 0.29) is 11.6 Å². The van der Waals surface area contributed by atoms with Gasteiger partial charge in [0.05, 0.1) is 11.9 Å². The number of aromatic nitrogens is 3. The third-order valence-electron chi connectivity index (χ3n) is 5.11. The summed E-state index contributed by atoms with van der Waals surface area (Å²) in [6.45, 7) is 0.833.